The van der Waals surface area contributed by atoms with Crippen LogP contribution in [0.4, 0.5) is 0 Å². The molecule has 3 rings (SSSR count). The van der Waals surface area contributed by atoms with Gasteiger partial charge in [0, 0.05) is 12.6 Å². The summed E-state index contributed by atoms with van der Waals surface area (Å²) < 4.78 is 26.0. The number of benzene rings is 2. The van der Waals surface area contributed by atoms with Crippen LogP contribution in [0.25, 0.3) is 0 Å². The summed E-state index contributed by atoms with van der Waals surface area (Å²) in [6, 6.07) is 19.1. The zero-order valence-electron chi connectivity index (χ0n) is 11.9. The molecule has 1 heterocycles. The first-order chi connectivity index (χ1) is 10.2. The molecule has 0 amide bonds. The normalized spacial score (nSPS) is 25.9. The minimum atomic E-state index is -3.29. The van der Waals surface area contributed by atoms with Crippen LogP contribution in [0.3, 0.4) is 0 Å². The Kier molecular flexibility index (Phi) is 4.11. The molecule has 1 aliphatic heterocycles. The van der Waals surface area contributed by atoms with Crippen molar-refractivity contribution in [1.82, 2.24) is 4.67 Å². The topological polar surface area (TPSA) is 38.8 Å². The van der Waals surface area contributed by atoms with Gasteiger partial charge in [-0.25, -0.2) is 4.57 Å². The molecule has 1 saturated heterocycles. The highest BCUT2D eigenvalue weighted by atomic mass is 31.2. The van der Waals surface area contributed by atoms with Gasteiger partial charge in [-0.05, 0) is 24.6 Å². The van der Waals surface area contributed by atoms with E-state index in [1.165, 1.54) is 0 Å². The molecule has 0 N–H and O–H groups in total. The maximum atomic E-state index is 13.0. The summed E-state index contributed by atoms with van der Waals surface area (Å²) >= 11 is 0. The lowest BCUT2D eigenvalue weighted by Crippen LogP contribution is -2.26. The highest BCUT2D eigenvalue weighted by Crippen LogP contribution is 2.57. The third kappa shape index (κ3) is 3.18. The quantitative estimate of drug-likeness (QED) is 0.797. The Bertz CT molecular complexity index is 632. The Morgan fingerprint density at radius 2 is 1.76 bits per heavy atom. The highest BCUT2D eigenvalue weighted by molar-refractivity contribution is 7.52. The molecule has 0 aromatic heterocycles. The third-order valence-electron chi connectivity index (χ3n) is 3.45. The second-order valence-electron chi connectivity index (χ2n) is 5.10. The van der Waals surface area contributed by atoms with Gasteiger partial charge in [-0.2, -0.15) is 4.67 Å². The smallest absolute Gasteiger partial charge is 0.413 e. The van der Waals surface area contributed by atoms with Gasteiger partial charge in [-0.3, -0.25) is 4.52 Å². The molecule has 0 bridgehead atoms. The van der Waals surface area contributed by atoms with Crippen molar-refractivity contribution in [2.45, 2.75) is 19.5 Å². The van der Waals surface area contributed by atoms with Crippen molar-refractivity contribution in [1.29, 1.82) is 0 Å². The van der Waals surface area contributed by atoms with E-state index in [1.807, 2.05) is 60.1 Å². The minimum Gasteiger partial charge on any atom is -0.413 e. The number of rotatable bonds is 4. The van der Waals surface area contributed by atoms with E-state index in [0.717, 1.165) is 5.56 Å². The molecule has 2 aromatic carbocycles. The Balaban J connectivity index is 1.81. The summed E-state index contributed by atoms with van der Waals surface area (Å²) in [5.41, 5.74) is 1.09. The zero-order valence-corrected chi connectivity index (χ0v) is 12.8. The molecule has 5 heteroatoms. The van der Waals surface area contributed by atoms with Gasteiger partial charge in [0.15, 0.2) is 0 Å². The minimum absolute atomic E-state index is 0.0553. The van der Waals surface area contributed by atoms with E-state index in [1.54, 1.807) is 12.1 Å². The van der Waals surface area contributed by atoms with Crippen molar-refractivity contribution < 1.29 is 13.6 Å². The number of hydrogen-bond donors (Lipinski definition) is 0. The Labute approximate surface area is 124 Å². The van der Waals surface area contributed by atoms with Crippen molar-refractivity contribution in [2.24, 2.45) is 0 Å². The van der Waals surface area contributed by atoms with Crippen LogP contribution in [0.5, 0.6) is 5.75 Å². The molecule has 110 valence electrons. The van der Waals surface area contributed by atoms with E-state index < -0.39 is 7.75 Å². The molecule has 4 nitrogen and oxygen atoms in total. The van der Waals surface area contributed by atoms with Gasteiger partial charge in [-0.15, -0.1) is 0 Å². The molecule has 2 atom stereocenters. The molecule has 2 aromatic rings. The Morgan fingerprint density at radius 3 is 2.43 bits per heavy atom. The summed E-state index contributed by atoms with van der Waals surface area (Å²) in [4.78, 5) is 0. The predicted molar refractivity (Wildman–Crippen MR) is 82.1 cm³/mol. The van der Waals surface area contributed by atoms with Crippen molar-refractivity contribution in [2.75, 3.05) is 6.61 Å². The van der Waals surface area contributed by atoms with Crippen LogP contribution in [0, 0.1) is 0 Å². The standard InChI is InChI=1S/C16H18NO3P/c1-14-13-19-21(18,20-16-10-6-3-7-11-16)17(14)12-15-8-4-2-5-9-15/h2-11,14H,12-13H2,1H3. The van der Waals surface area contributed by atoms with Gasteiger partial charge in [-0.1, -0.05) is 48.5 Å². The van der Waals surface area contributed by atoms with Gasteiger partial charge in [0.2, 0.25) is 0 Å². The SMILES string of the molecule is CC1COP(=O)(Oc2ccccc2)N1Cc1ccccc1. The fourth-order valence-electron chi connectivity index (χ4n) is 2.31. The van der Waals surface area contributed by atoms with Crippen LogP contribution < -0.4 is 4.52 Å². The van der Waals surface area contributed by atoms with E-state index in [9.17, 15) is 4.57 Å². The van der Waals surface area contributed by atoms with Crippen LogP contribution in [0.1, 0.15) is 12.5 Å². The zero-order chi connectivity index (χ0) is 14.7. The van der Waals surface area contributed by atoms with Gasteiger partial charge < -0.3 is 4.52 Å². The van der Waals surface area contributed by atoms with Crippen LogP contribution in [0.2, 0.25) is 0 Å². The molecule has 1 aliphatic rings. The molecule has 1 fully saturated rings. The monoisotopic (exact) mass is 303 g/mol. The molecule has 21 heavy (non-hydrogen) atoms. The van der Waals surface area contributed by atoms with Gasteiger partial charge in [0.1, 0.15) is 5.75 Å². The molecular weight excluding hydrogens is 285 g/mol. The lowest BCUT2D eigenvalue weighted by Gasteiger charge is -2.25. The van der Waals surface area contributed by atoms with Crippen molar-refractivity contribution in [3.05, 3.63) is 66.2 Å². The molecule has 0 spiro atoms. The van der Waals surface area contributed by atoms with E-state index in [4.69, 9.17) is 9.05 Å². The summed E-state index contributed by atoms with van der Waals surface area (Å²) in [6.07, 6.45) is 0. The van der Waals surface area contributed by atoms with Crippen molar-refractivity contribution in [3.8, 4) is 5.75 Å². The fourth-order valence-corrected chi connectivity index (χ4v) is 4.29. The molecular formula is C16H18NO3P. The highest BCUT2D eigenvalue weighted by Gasteiger charge is 2.45. The maximum Gasteiger partial charge on any atom is 0.462 e. The average molecular weight is 303 g/mol. The summed E-state index contributed by atoms with van der Waals surface area (Å²) in [5, 5.41) is 0. The molecule has 2 unspecified atom stereocenters. The first-order valence-electron chi connectivity index (χ1n) is 6.98. The molecule has 0 radical (unpaired) electrons. The fraction of sp³-hybridized carbons (Fsp3) is 0.250. The number of para-hydroxylation sites is 1. The van der Waals surface area contributed by atoms with Crippen molar-refractivity contribution >= 4 is 7.75 Å². The molecule has 0 saturated carbocycles. The first-order valence-corrected chi connectivity index (χ1v) is 8.47. The second-order valence-corrected chi connectivity index (χ2v) is 6.99. The van der Waals surface area contributed by atoms with Crippen molar-refractivity contribution in [3.63, 3.8) is 0 Å². The summed E-state index contributed by atoms with van der Waals surface area (Å²) in [5.74, 6) is 0.563. The lowest BCUT2D eigenvalue weighted by atomic mass is 10.2. The largest absolute Gasteiger partial charge is 0.462 e. The van der Waals surface area contributed by atoms with E-state index in [0.29, 0.717) is 18.9 Å². The number of hydrogen-bond acceptors (Lipinski definition) is 3. The molecule has 0 aliphatic carbocycles. The average Bonchev–Trinajstić information content (AvgIpc) is 2.78. The summed E-state index contributed by atoms with van der Waals surface area (Å²) in [6.45, 7) is 2.96. The predicted octanol–water partition coefficient (Wildman–Crippen LogP) is 4.09. The first kappa shape index (κ1) is 14.3. The van der Waals surface area contributed by atoms with Gasteiger partial charge >= 0.3 is 7.75 Å². The Hall–Kier alpha value is -1.61. The van der Waals surface area contributed by atoms with Gasteiger partial charge in [0.25, 0.3) is 0 Å². The van der Waals surface area contributed by atoms with E-state index in [2.05, 4.69) is 0 Å². The van der Waals surface area contributed by atoms with E-state index in [-0.39, 0.29) is 6.04 Å². The van der Waals surface area contributed by atoms with Crippen LogP contribution in [-0.2, 0) is 15.6 Å². The van der Waals surface area contributed by atoms with Crippen LogP contribution in [-0.4, -0.2) is 17.3 Å². The Morgan fingerprint density at radius 1 is 1.14 bits per heavy atom. The summed E-state index contributed by atoms with van der Waals surface area (Å²) in [7, 11) is -3.29. The maximum absolute atomic E-state index is 13.0. The van der Waals surface area contributed by atoms with E-state index >= 15 is 0 Å². The van der Waals surface area contributed by atoms with Crippen LogP contribution in [0.15, 0.2) is 60.7 Å². The van der Waals surface area contributed by atoms with Crippen LogP contribution >= 0.6 is 7.75 Å². The number of nitrogens with zero attached hydrogens (tertiary/aromatic N) is 1. The second kappa shape index (κ2) is 6.02. The van der Waals surface area contributed by atoms with Gasteiger partial charge in [0.05, 0.1) is 6.61 Å². The lowest BCUT2D eigenvalue weighted by molar-refractivity contribution is 0.293. The third-order valence-corrected chi connectivity index (χ3v) is 5.54.